The summed E-state index contributed by atoms with van der Waals surface area (Å²) in [5.74, 6) is 1.19. The summed E-state index contributed by atoms with van der Waals surface area (Å²) < 4.78 is 7.85. The van der Waals surface area contributed by atoms with Crippen molar-refractivity contribution in [3.8, 4) is 0 Å². The molecule has 0 fully saturated rings. The van der Waals surface area contributed by atoms with E-state index in [0.717, 1.165) is 29.7 Å². The largest absolute Gasteiger partial charge is 0.376 e. The van der Waals surface area contributed by atoms with E-state index in [0.29, 0.717) is 25.7 Å². The summed E-state index contributed by atoms with van der Waals surface area (Å²) >= 11 is 1.63. The summed E-state index contributed by atoms with van der Waals surface area (Å²) in [6, 6.07) is 10.3. The third-order valence-electron chi connectivity index (χ3n) is 4.02. The van der Waals surface area contributed by atoms with E-state index >= 15 is 0 Å². The molecule has 3 rings (SSSR count). The van der Waals surface area contributed by atoms with Gasteiger partial charge in [0.25, 0.3) is 0 Å². The van der Waals surface area contributed by atoms with E-state index in [1.165, 1.54) is 5.56 Å². The number of aromatic nitrogens is 2. The van der Waals surface area contributed by atoms with Crippen molar-refractivity contribution in [2.75, 3.05) is 19.7 Å². The molecule has 8 heteroatoms. The monoisotopic (exact) mass is 513 g/mol. The first kappa shape index (κ1) is 22.6. The molecule has 1 aromatic carbocycles. The third-order valence-corrected chi connectivity index (χ3v) is 4.79. The van der Waals surface area contributed by atoms with Crippen molar-refractivity contribution in [2.45, 2.75) is 27.0 Å². The maximum atomic E-state index is 5.82. The van der Waals surface area contributed by atoms with Crippen LogP contribution in [0.3, 0.4) is 0 Å². The number of aliphatic imine (C=N–C) groups is 1. The van der Waals surface area contributed by atoms with E-state index in [-0.39, 0.29) is 24.0 Å². The van der Waals surface area contributed by atoms with Crippen molar-refractivity contribution in [1.29, 1.82) is 0 Å². The number of rotatable bonds is 9. The van der Waals surface area contributed by atoms with E-state index in [1.807, 2.05) is 40.4 Å². The van der Waals surface area contributed by atoms with Crippen LogP contribution in [-0.4, -0.2) is 35.0 Å². The average molecular weight is 513 g/mol. The van der Waals surface area contributed by atoms with Crippen LogP contribution in [0.15, 0.2) is 53.1 Å². The average Bonchev–Trinajstić information content (AvgIpc) is 3.26. The molecule has 0 bridgehead atoms. The maximum absolute atomic E-state index is 5.82. The zero-order chi connectivity index (χ0) is 18.9. The Kier molecular flexibility index (Phi) is 9.72. The highest BCUT2D eigenvalue weighted by Crippen LogP contribution is 2.11. The molecule has 2 aromatic heterocycles. The molecule has 0 saturated heterocycles. The van der Waals surface area contributed by atoms with Gasteiger partial charge >= 0.3 is 0 Å². The minimum atomic E-state index is 0. The summed E-state index contributed by atoms with van der Waals surface area (Å²) in [6.07, 6.45) is 4.04. The van der Waals surface area contributed by atoms with E-state index < -0.39 is 0 Å². The Morgan fingerprint density at radius 3 is 2.86 bits per heavy atom. The highest BCUT2D eigenvalue weighted by Gasteiger charge is 2.06. The van der Waals surface area contributed by atoms with Crippen LogP contribution in [-0.2, 0) is 17.9 Å². The fraction of sp³-hybridized carbons (Fsp3) is 0.400. The van der Waals surface area contributed by atoms with Gasteiger partial charge in [0, 0.05) is 30.9 Å². The minimum Gasteiger partial charge on any atom is -0.376 e. The van der Waals surface area contributed by atoms with E-state index in [4.69, 9.17) is 4.74 Å². The highest BCUT2D eigenvalue weighted by atomic mass is 127. The van der Waals surface area contributed by atoms with Gasteiger partial charge in [0.05, 0.1) is 25.5 Å². The van der Waals surface area contributed by atoms with Crippen LogP contribution in [0, 0.1) is 5.92 Å². The van der Waals surface area contributed by atoms with Crippen LogP contribution in [0.4, 0.5) is 0 Å². The Hall–Kier alpha value is -1.65. The Morgan fingerprint density at radius 2 is 2.11 bits per heavy atom. The normalized spacial score (nSPS) is 12.6. The molecule has 2 heterocycles. The third kappa shape index (κ3) is 7.06. The molecule has 152 valence electrons. The summed E-state index contributed by atoms with van der Waals surface area (Å²) in [5.41, 5.74) is 2.17. The Labute approximate surface area is 187 Å². The number of hydrogen-bond donors (Lipinski definition) is 2. The van der Waals surface area contributed by atoms with E-state index in [1.54, 1.807) is 11.3 Å². The fourth-order valence-electron chi connectivity index (χ4n) is 2.64. The number of thiazole rings is 1. The molecule has 0 saturated carbocycles. The second-order valence-electron chi connectivity index (χ2n) is 6.51. The summed E-state index contributed by atoms with van der Waals surface area (Å²) in [4.78, 5) is 10.2. The number of benzene rings is 1. The van der Waals surface area contributed by atoms with Crippen molar-refractivity contribution in [3.05, 3.63) is 59.4 Å². The first-order valence-electron chi connectivity index (χ1n) is 9.29. The molecule has 0 aliphatic heterocycles. The van der Waals surface area contributed by atoms with E-state index in [2.05, 4.69) is 46.6 Å². The van der Waals surface area contributed by atoms with Gasteiger partial charge in [-0.1, -0.05) is 37.3 Å². The van der Waals surface area contributed by atoms with Gasteiger partial charge in [-0.05, 0) is 18.4 Å². The lowest BCUT2D eigenvalue weighted by Gasteiger charge is -2.16. The van der Waals surface area contributed by atoms with Crippen LogP contribution in [0.2, 0.25) is 0 Å². The van der Waals surface area contributed by atoms with Crippen molar-refractivity contribution in [1.82, 2.24) is 20.0 Å². The van der Waals surface area contributed by atoms with Crippen LogP contribution in [0.25, 0.3) is 4.96 Å². The summed E-state index contributed by atoms with van der Waals surface area (Å²) in [6.45, 7) is 7.78. The molecule has 0 aliphatic rings. The second-order valence-corrected chi connectivity index (χ2v) is 7.38. The van der Waals surface area contributed by atoms with Gasteiger partial charge in [-0.25, -0.2) is 9.98 Å². The van der Waals surface area contributed by atoms with Gasteiger partial charge in [-0.2, -0.15) is 0 Å². The highest BCUT2D eigenvalue weighted by molar-refractivity contribution is 14.0. The zero-order valence-corrected chi connectivity index (χ0v) is 19.4. The van der Waals surface area contributed by atoms with Gasteiger partial charge in [-0.3, -0.25) is 4.40 Å². The SMILES string of the molecule is CCNC(=NCc1cn2ccsc2n1)NCC(C)COCc1ccccc1.I. The molecule has 28 heavy (non-hydrogen) atoms. The topological polar surface area (TPSA) is 63.0 Å². The molecule has 2 N–H and O–H groups in total. The predicted molar refractivity (Wildman–Crippen MR) is 127 cm³/mol. The molecule has 1 unspecified atom stereocenters. The molecule has 0 aliphatic carbocycles. The van der Waals surface area contributed by atoms with Crippen molar-refractivity contribution < 1.29 is 4.74 Å². The predicted octanol–water partition coefficient (Wildman–Crippen LogP) is 3.92. The van der Waals surface area contributed by atoms with Gasteiger partial charge in [0.1, 0.15) is 0 Å². The number of nitrogens with one attached hydrogen (secondary N) is 2. The minimum absolute atomic E-state index is 0. The molecular formula is C20H28IN5OS. The molecule has 3 aromatic rings. The maximum Gasteiger partial charge on any atom is 0.193 e. The number of fused-ring (bicyclic) bond motifs is 1. The number of ether oxygens (including phenoxy) is 1. The lowest BCUT2D eigenvalue weighted by atomic mass is 10.2. The Balaban J connectivity index is 0.00000280. The summed E-state index contributed by atoms with van der Waals surface area (Å²) in [7, 11) is 0. The van der Waals surface area contributed by atoms with Gasteiger partial charge in [-0.15, -0.1) is 35.3 Å². The molecule has 0 spiro atoms. The smallest absolute Gasteiger partial charge is 0.193 e. The number of hydrogen-bond acceptors (Lipinski definition) is 4. The van der Waals surface area contributed by atoms with Gasteiger partial charge in [0.2, 0.25) is 0 Å². The van der Waals surface area contributed by atoms with Crippen LogP contribution in [0.5, 0.6) is 0 Å². The number of imidazole rings is 1. The number of nitrogens with zero attached hydrogens (tertiary/aromatic N) is 3. The van der Waals surface area contributed by atoms with Crippen LogP contribution in [0.1, 0.15) is 25.1 Å². The fourth-order valence-corrected chi connectivity index (χ4v) is 3.36. The Bertz CT molecular complexity index is 820. The molecular weight excluding hydrogens is 485 g/mol. The molecule has 6 nitrogen and oxygen atoms in total. The molecule has 0 radical (unpaired) electrons. The quantitative estimate of drug-likeness (QED) is 0.259. The van der Waals surface area contributed by atoms with Crippen molar-refractivity contribution >= 4 is 46.2 Å². The second kappa shape index (κ2) is 12.0. The number of halogens is 1. The van der Waals surface area contributed by atoms with Crippen molar-refractivity contribution in [2.24, 2.45) is 10.9 Å². The van der Waals surface area contributed by atoms with Crippen molar-refractivity contribution in [3.63, 3.8) is 0 Å². The van der Waals surface area contributed by atoms with E-state index in [9.17, 15) is 0 Å². The first-order valence-corrected chi connectivity index (χ1v) is 10.2. The van der Waals surface area contributed by atoms with Crippen LogP contribution >= 0.6 is 35.3 Å². The first-order chi connectivity index (χ1) is 13.2. The zero-order valence-electron chi connectivity index (χ0n) is 16.3. The van der Waals surface area contributed by atoms with Gasteiger partial charge in [0.15, 0.2) is 10.9 Å². The standard InChI is InChI=1S/C20H27N5OS.HI/c1-3-21-19(23-12-18-13-25-9-10-27-20(25)24-18)22-11-16(2)14-26-15-17-7-5-4-6-8-17;/h4-10,13,16H,3,11-12,14-15H2,1-2H3,(H2,21,22,23);1H. The Morgan fingerprint density at radius 1 is 1.29 bits per heavy atom. The molecule has 1 atom stereocenters. The molecule has 0 amide bonds. The summed E-state index contributed by atoms with van der Waals surface area (Å²) in [5, 5.41) is 8.71. The number of guanidine groups is 1. The van der Waals surface area contributed by atoms with Crippen LogP contribution < -0.4 is 10.6 Å². The van der Waals surface area contributed by atoms with Gasteiger partial charge < -0.3 is 15.4 Å². The lowest BCUT2D eigenvalue weighted by Crippen LogP contribution is -2.40. The lowest BCUT2D eigenvalue weighted by molar-refractivity contribution is 0.0931.